The van der Waals surface area contributed by atoms with Gasteiger partial charge in [-0.3, -0.25) is 0 Å². The summed E-state index contributed by atoms with van der Waals surface area (Å²) in [6.07, 6.45) is 0. The molecule has 1 aliphatic rings. The van der Waals surface area contributed by atoms with Crippen molar-refractivity contribution in [2.24, 2.45) is 0 Å². The predicted molar refractivity (Wildman–Crippen MR) is 72.3 cm³/mol. The van der Waals surface area contributed by atoms with E-state index in [4.69, 9.17) is 9.47 Å². The standard InChI is InChI=1S/C13H18BrNO2/c1-9-4-5-10(14)6-12(9)15-11-7-16-13(2,3)17-8-11/h4-6,11,15H,7-8H2,1-3H3. The van der Waals surface area contributed by atoms with Crippen LogP contribution in [0.2, 0.25) is 0 Å². The Labute approximate surface area is 111 Å². The van der Waals surface area contributed by atoms with Crippen LogP contribution >= 0.6 is 15.9 Å². The summed E-state index contributed by atoms with van der Waals surface area (Å²) in [6.45, 7) is 7.29. The topological polar surface area (TPSA) is 30.5 Å². The minimum atomic E-state index is -0.454. The molecule has 0 aliphatic carbocycles. The zero-order valence-electron chi connectivity index (χ0n) is 10.4. The first-order valence-electron chi connectivity index (χ1n) is 5.77. The van der Waals surface area contributed by atoms with E-state index in [9.17, 15) is 0 Å². The van der Waals surface area contributed by atoms with E-state index >= 15 is 0 Å². The summed E-state index contributed by atoms with van der Waals surface area (Å²) in [4.78, 5) is 0. The molecule has 1 aliphatic heterocycles. The highest BCUT2D eigenvalue weighted by molar-refractivity contribution is 9.10. The lowest BCUT2D eigenvalue weighted by Gasteiger charge is -2.35. The molecule has 1 saturated heterocycles. The van der Waals surface area contributed by atoms with Crippen LogP contribution in [-0.4, -0.2) is 25.0 Å². The van der Waals surface area contributed by atoms with Crippen LogP contribution in [0, 0.1) is 6.92 Å². The monoisotopic (exact) mass is 299 g/mol. The number of halogens is 1. The fraction of sp³-hybridized carbons (Fsp3) is 0.538. The van der Waals surface area contributed by atoms with Gasteiger partial charge in [0.2, 0.25) is 0 Å². The lowest BCUT2D eigenvalue weighted by Crippen LogP contribution is -2.45. The zero-order chi connectivity index (χ0) is 12.5. The summed E-state index contributed by atoms with van der Waals surface area (Å²) in [5.41, 5.74) is 2.34. The van der Waals surface area contributed by atoms with Crippen molar-refractivity contribution in [2.75, 3.05) is 18.5 Å². The molecule has 1 N–H and O–H groups in total. The summed E-state index contributed by atoms with van der Waals surface area (Å²) < 4.78 is 12.3. The Morgan fingerprint density at radius 3 is 2.59 bits per heavy atom. The first-order valence-corrected chi connectivity index (χ1v) is 6.56. The van der Waals surface area contributed by atoms with Gasteiger partial charge in [-0.05, 0) is 38.5 Å². The number of rotatable bonds is 2. The highest BCUT2D eigenvalue weighted by atomic mass is 79.9. The fourth-order valence-electron chi connectivity index (χ4n) is 1.75. The molecule has 1 aromatic rings. The van der Waals surface area contributed by atoms with Gasteiger partial charge in [-0.25, -0.2) is 0 Å². The second kappa shape index (κ2) is 4.96. The van der Waals surface area contributed by atoms with Crippen molar-refractivity contribution in [2.45, 2.75) is 32.6 Å². The van der Waals surface area contributed by atoms with E-state index < -0.39 is 5.79 Å². The molecule has 0 amide bonds. The van der Waals surface area contributed by atoms with Crippen LogP contribution in [0.3, 0.4) is 0 Å². The second-order valence-electron chi connectivity index (χ2n) is 4.82. The van der Waals surface area contributed by atoms with Gasteiger partial charge < -0.3 is 14.8 Å². The third-order valence-electron chi connectivity index (χ3n) is 2.82. The Kier molecular flexibility index (Phi) is 3.76. The molecule has 3 nitrogen and oxygen atoms in total. The van der Waals surface area contributed by atoms with Crippen molar-refractivity contribution in [3.05, 3.63) is 28.2 Å². The maximum Gasteiger partial charge on any atom is 0.162 e. The molecule has 1 aromatic carbocycles. The van der Waals surface area contributed by atoms with Crippen molar-refractivity contribution >= 4 is 21.6 Å². The Morgan fingerprint density at radius 1 is 1.29 bits per heavy atom. The minimum Gasteiger partial charge on any atom is -0.377 e. The van der Waals surface area contributed by atoms with Gasteiger partial charge in [0.15, 0.2) is 5.79 Å². The summed E-state index contributed by atoms with van der Waals surface area (Å²) in [7, 11) is 0. The molecule has 0 unspecified atom stereocenters. The summed E-state index contributed by atoms with van der Waals surface area (Å²) >= 11 is 3.48. The van der Waals surface area contributed by atoms with Gasteiger partial charge in [0.1, 0.15) is 0 Å². The quantitative estimate of drug-likeness (QED) is 0.909. The lowest BCUT2D eigenvalue weighted by molar-refractivity contribution is -0.247. The van der Waals surface area contributed by atoms with E-state index in [1.165, 1.54) is 5.56 Å². The third kappa shape index (κ3) is 3.44. The van der Waals surface area contributed by atoms with Crippen molar-refractivity contribution in [1.82, 2.24) is 0 Å². The Hall–Kier alpha value is -0.580. The number of hydrogen-bond donors (Lipinski definition) is 1. The van der Waals surface area contributed by atoms with Crippen LogP contribution in [0.1, 0.15) is 19.4 Å². The highest BCUT2D eigenvalue weighted by Gasteiger charge is 2.28. The second-order valence-corrected chi connectivity index (χ2v) is 5.74. The minimum absolute atomic E-state index is 0.205. The van der Waals surface area contributed by atoms with Gasteiger partial charge in [0.25, 0.3) is 0 Å². The molecule has 1 heterocycles. The molecule has 94 valence electrons. The van der Waals surface area contributed by atoms with Crippen molar-refractivity contribution in [3.63, 3.8) is 0 Å². The molecule has 0 radical (unpaired) electrons. The van der Waals surface area contributed by atoms with Crippen molar-refractivity contribution in [3.8, 4) is 0 Å². The number of nitrogens with one attached hydrogen (secondary N) is 1. The van der Waals surface area contributed by atoms with Crippen LogP contribution in [-0.2, 0) is 9.47 Å². The van der Waals surface area contributed by atoms with Crippen LogP contribution in [0.25, 0.3) is 0 Å². The van der Waals surface area contributed by atoms with E-state index in [1.54, 1.807) is 0 Å². The average molecular weight is 300 g/mol. The summed E-state index contributed by atoms with van der Waals surface area (Å²) in [5, 5.41) is 3.45. The number of ether oxygens (including phenoxy) is 2. The molecular weight excluding hydrogens is 282 g/mol. The Morgan fingerprint density at radius 2 is 1.94 bits per heavy atom. The third-order valence-corrected chi connectivity index (χ3v) is 3.32. The molecule has 0 bridgehead atoms. The van der Waals surface area contributed by atoms with Gasteiger partial charge in [0.05, 0.1) is 19.3 Å². The van der Waals surface area contributed by atoms with E-state index in [0.717, 1.165) is 10.2 Å². The zero-order valence-corrected chi connectivity index (χ0v) is 12.0. The van der Waals surface area contributed by atoms with Gasteiger partial charge in [0, 0.05) is 10.2 Å². The molecule has 17 heavy (non-hydrogen) atoms. The molecule has 0 aromatic heterocycles. The largest absolute Gasteiger partial charge is 0.377 e. The Bertz CT molecular complexity index is 396. The molecule has 2 rings (SSSR count). The number of aryl methyl sites for hydroxylation is 1. The molecular formula is C13H18BrNO2. The predicted octanol–water partition coefficient (Wildman–Crippen LogP) is 3.32. The van der Waals surface area contributed by atoms with Gasteiger partial charge in [-0.15, -0.1) is 0 Å². The van der Waals surface area contributed by atoms with E-state index in [1.807, 2.05) is 19.9 Å². The number of benzene rings is 1. The highest BCUT2D eigenvalue weighted by Crippen LogP contribution is 2.24. The average Bonchev–Trinajstić information content (AvgIpc) is 2.26. The molecule has 1 fully saturated rings. The van der Waals surface area contributed by atoms with Crippen LogP contribution < -0.4 is 5.32 Å². The number of hydrogen-bond acceptors (Lipinski definition) is 3. The summed E-state index contributed by atoms with van der Waals surface area (Å²) in [5.74, 6) is -0.454. The first kappa shape index (κ1) is 12.9. The number of anilines is 1. The molecule has 0 spiro atoms. The van der Waals surface area contributed by atoms with E-state index in [-0.39, 0.29) is 6.04 Å². The van der Waals surface area contributed by atoms with Gasteiger partial charge in [-0.1, -0.05) is 22.0 Å². The van der Waals surface area contributed by atoms with E-state index in [0.29, 0.717) is 13.2 Å². The molecule has 0 atom stereocenters. The lowest BCUT2D eigenvalue weighted by atomic mass is 10.1. The van der Waals surface area contributed by atoms with Crippen molar-refractivity contribution < 1.29 is 9.47 Å². The fourth-order valence-corrected chi connectivity index (χ4v) is 2.11. The summed E-state index contributed by atoms with van der Waals surface area (Å²) in [6, 6.07) is 6.41. The van der Waals surface area contributed by atoms with Gasteiger partial charge in [-0.2, -0.15) is 0 Å². The Balaban J connectivity index is 2.00. The smallest absolute Gasteiger partial charge is 0.162 e. The normalized spacial score (nSPS) is 20.2. The first-order chi connectivity index (χ1) is 7.96. The van der Waals surface area contributed by atoms with Gasteiger partial charge >= 0.3 is 0 Å². The maximum atomic E-state index is 5.62. The molecule has 4 heteroatoms. The SMILES string of the molecule is Cc1ccc(Br)cc1NC1COC(C)(C)OC1. The molecule has 0 saturated carbocycles. The van der Waals surface area contributed by atoms with Crippen LogP contribution in [0.5, 0.6) is 0 Å². The van der Waals surface area contributed by atoms with Crippen molar-refractivity contribution in [1.29, 1.82) is 0 Å². The maximum absolute atomic E-state index is 5.62. The van der Waals surface area contributed by atoms with Crippen LogP contribution in [0.15, 0.2) is 22.7 Å². The van der Waals surface area contributed by atoms with E-state index in [2.05, 4.69) is 40.3 Å². The van der Waals surface area contributed by atoms with Crippen LogP contribution in [0.4, 0.5) is 5.69 Å².